The summed E-state index contributed by atoms with van der Waals surface area (Å²) >= 11 is 6.41. The largest absolute Gasteiger partial charge is 0.507 e. The Morgan fingerprint density at radius 2 is 1.52 bits per heavy atom. The van der Waals surface area contributed by atoms with Crippen molar-refractivity contribution in [1.29, 1.82) is 0 Å². The first-order valence-electron chi connectivity index (χ1n) is 17.8. The van der Waals surface area contributed by atoms with Gasteiger partial charge in [0.1, 0.15) is 11.6 Å². The summed E-state index contributed by atoms with van der Waals surface area (Å²) in [5.41, 5.74) is 5.10. The molecule has 0 bridgehead atoms. The molecule has 2 heterocycles. The molecular formula is C44H33ClFN3O5. The number of phenols is 1. The molecular weight excluding hydrogens is 705 g/mol. The van der Waals surface area contributed by atoms with Crippen LogP contribution in [0, 0.1) is 29.5 Å². The van der Waals surface area contributed by atoms with E-state index in [0.717, 1.165) is 16.1 Å². The van der Waals surface area contributed by atoms with Crippen molar-refractivity contribution < 1.29 is 28.7 Å². The molecule has 0 unspecified atom stereocenters. The van der Waals surface area contributed by atoms with Crippen LogP contribution in [0.4, 0.5) is 15.8 Å². The molecule has 0 aromatic heterocycles. The zero-order valence-corrected chi connectivity index (χ0v) is 29.5. The number of allylic oxidation sites excluding steroid dienone is 2. The highest BCUT2D eigenvalue weighted by molar-refractivity contribution is 6.30. The van der Waals surface area contributed by atoms with Gasteiger partial charge in [-0.15, -0.1) is 0 Å². The van der Waals surface area contributed by atoms with Crippen LogP contribution in [0.15, 0.2) is 127 Å². The lowest BCUT2D eigenvalue weighted by molar-refractivity contribution is -0.138. The number of phenolic OH excluding ortho intramolecular Hbond substituents is 1. The Labute approximate surface area is 315 Å². The van der Waals surface area contributed by atoms with Crippen LogP contribution in [-0.2, 0) is 24.6 Å². The van der Waals surface area contributed by atoms with E-state index < -0.39 is 52.6 Å². The molecule has 5 aromatic rings. The second kappa shape index (κ2) is 12.5. The van der Waals surface area contributed by atoms with Crippen LogP contribution in [0.25, 0.3) is 16.8 Å². The molecule has 10 heteroatoms. The van der Waals surface area contributed by atoms with E-state index in [2.05, 4.69) is 12.0 Å². The van der Waals surface area contributed by atoms with Crippen LogP contribution >= 0.6 is 11.6 Å². The normalized spacial score (nSPS) is 26.0. The minimum absolute atomic E-state index is 0.0552. The first-order valence-corrected chi connectivity index (χ1v) is 18.2. The van der Waals surface area contributed by atoms with Gasteiger partial charge in [0.15, 0.2) is 0 Å². The second-order valence-electron chi connectivity index (χ2n) is 14.4. The molecule has 4 aliphatic rings. The third-order valence-electron chi connectivity index (χ3n) is 11.9. The summed E-state index contributed by atoms with van der Waals surface area (Å²) in [5, 5.41) is 13.7. The number of halogens is 2. The first kappa shape index (κ1) is 33.8. The lowest BCUT2D eigenvalue weighted by atomic mass is 9.49. The number of hydrazine groups is 1. The molecule has 0 radical (unpaired) electrons. The Bertz CT molecular complexity index is 2450. The smallest absolute Gasteiger partial charge is 0.260 e. The van der Waals surface area contributed by atoms with Crippen LogP contribution in [0.3, 0.4) is 0 Å². The lowest BCUT2D eigenvalue weighted by Gasteiger charge is -2.51. The summed E-state index contributed by atoms with van der Waals surface area (Å²) < 4.78 is 13.9. The summed E-state index contributed by atoms with van der Waals surface area (Å²) in [7, 11) is 0. The average molecular weight is 738 g/mol. The third-order valence-corrected chi connectivity index (χ3v) is 12.1. The van der Waals surface area contributed by atoms with Crippen LogP contribution in [0.2, 0.25) is 5.02 Å². The van der Waals surface area contributed by atoms with Crippen LogP contribution < -0.4 is 10.3 Å². The molecule has 5 aromatic carbocycles. The second-order valence-corrected chi connectivity index (χ2v) is 14.8. The summed E-state index contributed by atoms with van der Waals surface area (Å²) in [6, 6.07) is 30.1. The van der Waals surface area contributed by atoms with E-state index in [4.69, 9.17) is 11.6 Å². The Morgan fingerprint density at radius 3 is 2.22 bits per heavy atom. The fourth-order valence-electron chi connectivity index (χ4n) is 9.57. The van der Waals surface area contributed by atoms with E-state index in [1.54, 1.807) is 72.8 Å². The van der Waals surface area contributed by atoms with Crippen LogP contribution in [0.5, 0.6) is 5.75 Å². The predicted molar refractivity (Wildman–Crippen MR) is 204 cm³/mol. The van der Waals surface area contributed by atoms with Gasteiger partial charge in [-0.05, 0) is 95.4 Å². The average Bonchev–Trinajstić information content (AvgIpc) is 3.57. The van der Waals surface area contributed by atoms with Crippen molar-refractivity contribution in [2.24, 2.45) is 23.7 Å². The topological polar surface area (TPSA) is 107 Å². The Hall–Kier alpha value is -6.06. The van der Waals surface area contributed by atoms with Gasteiger partial charge in [-0.25, -0.2) is 4.39 Å². The van der Waals surface area contributed by atoms with Gasteiger partial charge < -0.3 is 5.11 Å². The highest BCUT2D eigenvalue weighted by Crippen LogP contribution is 2.65. The highest BCUT2D eigenvalue weighted by Gasteiger charge is 2.70. The maximum Gasteiger partial charge on any atom is 0.260 e. The van der Waals surface area contributed by atoms with Gasteiger partial charge >= 0.3 is 0 Å². The Balaban J connectivity index is 1.27. The van der Waals surface area contributed by atoms with Gasteiger partial charge in [0.25, 0.3) is 11.8 Å². The fourth-order valence-corrected chi connectivity index (χ4v) is 9.70. The molecule has 2 aliphatic carbocycles. The molecule has 2 aliphatic heterocycles. The molecule has 54 heavy (non-hydrogen) atoms. The van der Waals surface area contributed by atoms with Gasteiger partial charge in [-0.2, -0.15) is 5.01 Å². The summed E-state index contributed by atoms with van der Waals surface area (Å²) in [5.74, 6) is -5.94. The molecule has 2 saturated heterocycles. The summed E-state index contributed by atoms with van der Waals surface area (Å²) in [6.45, 7) is 3.80. The first-order chi connectivity index (χ1) is 26.1. The number of benzene rings is 5. The lowest BCUT2D eigenvalue weighted by Crippen LogP contribution is -2.53. The standard InChI is InChI=1S/C44H33ClFN3O5/c1-2-24-7-17-29(18-8-24)48-40(51)34-20-19-33-35(38(34)42(48)53)23-36-41(52)49(47-28-15-13-27(46)14-16-28)43(54)44(36,25-9-11-26(45)12-10-25)39(33)32-21-22-37(50)31-6-4-3-5-30(31)32/h2-19,21-22,34-36,38-39,47,50H,1,20,23H2/t34-,35+,36-,38-,39-,44+/m0/s1. The predicted octanol–water partition coefficient (Wildman–Crippen LogP) is 8.17. The van der Waals surface area contributed by atoms with Gasteiger partial charge in [-0.1, -0.05) is 90.5 Å². The number of aromatic hydroxyl groups is 1. The van der Waals surface area contributed by atoms with Crippen molar-refractivity contribution in [3.63, 3.8) is 0 Å². The number of hydrogen-bond donors (Lipinski definition) is 2. The van der Waals surface area contributed by atoms with E-state index in [9.17, 15) is 23.9 Å². The fraction of sp³-hybridized carbons (Fsp3) is 0.182. The van der Waals surface area contributed by atoms with E-state index in [0.29, 0.717) is 38.3 Å². The number of rotatable bonds is 6. The van der Waals surface area contributed by atoms with Crippen molar-refractivity contribution in [3.05, 3.63) is 155 Å². The maximum atomic E-state index is 15.4. The van der Waals surface area contributed by atoms with Crippen LogP contribution in [-0.4, -0.2) is 33.7 Å². The number of anilines is 2. The molecule has 6 atom stereocenters. The number of hydrogen-bond acceptors (Lipinski definition) is 6. The quantitative estimate of drug-likeness (QED) is 0.135. The summed E-state index contributed by atoms with van der Waals surface area (Å²) in [4.78, 5) is 60.4. The minimum Gasteiger partial charge on any atom is -0.507 e. The van der Waals surface area contributed by atoms with Crippen molar-refractivity contribution >= 4 is 63.5 Å². The van der Waals surface area contributed by atoms with Crippen LogP contribution in [0.1, 0.15) is 35.4 Å². The molecule has 2 N–H and O–H groups in total. The third kappa shape index (κ3) is 4.81. The summed E-state index contributed by atoms with van der Waals surface area (Å²) in [6.07, 6.45) is 4.05. The number of imide groups is 2. The molecule has 8 nitrogen and oxygen atoms in total. The number of carbonyl (C=O) groups is 4. The molecule has 3 fully saturated rings. The van der Waals surface area contributed by atoms with E-state index in [1.165, 1.54) is 29.2 Å². The number of nitrogens with one attached hydrogen (secondary N) is 1. The maximum absolute atomic E-state index is 15.4. The highest BCUT2D eigenvalue weighted by atomic mass is 35.5. The van der Waals surface area contributed by atoms with Gasteiger partial charge in [0.2, 0.25) is 11.8 Å². The molecule has 9 rings (SSSR count). The van der Waals surface area contributed by atoms with Crippen molar-refractivity contribution in [2.75, 3.05) is 10.3 Å². The van der Waals surface area contributed by atoms with E-state index in [1.807, 2.05) is 24.3 Å². The molecule has 4 amide bonds. The zero-order chi connectivity index (χ0) is 37.5. The SMILES string of the molecule is C=Cc1ccc(N2C(=O)[C@H]3[C@H](CC=C4[C@H]3C[C@H]3C(=O)N(Nc5ccc(F)cc5)C(=O)[C@@]3(c3ccc(Cl)cc3)[C@H]4c3ccc(O)c4ccccc34)C2=O)cc1. The van der Waals surface area contributed by atoms with E-state index >= 15 is 4.79 Å². The minimum atomic E-state index is -1.55. The van der Waals surface area contributed by atoms with Gasteiger partial charge in [-0.3, -0.25) is 29.5 Å². The van der Waals surface area contributed by atoms with Gasteiger partial charge in [0.05, 0.1) is 34.5 Å². The molecule has 1 saturated carbocycles. The monoisotopic (exact) mass is 737 g/mol. The van der Waals surface area contributed by atoms with Crippen molar-refractivity contribution in [3.8, 4) is 5.75 Å². The molecule has 268 valence electrons. The number of fused-ring (bicyclic) bond motifs is 5. The van der Waals surface area contributed by atoms with Crippen molar-refractivity contribution in [2.45, 2.75) is 24.2 Å². The Kier molecular flexibility index (Phi) is 7.83. The molecule has 0 spiro atoms. The number of nitrogens with zero attached hydrogens (tertiary/aromatic N) is 2. The number of carbonyl (C=O) groups excluding carboxylic acids is 4. The number of amides is 4. The zero-order valence-electron chi connectivity index (χ0n) is 28.8. The Morgan fingerprint density at radius 1 is 0.815 bits per heavy atom. The van der Waals surface area contributed by atoms with Crippen molar-refractivity contribution in [1.82, 2.24) is 5.01 Å². The van der Waals surface area contributed by atoms with E-state index in [-0.39, 0.29) is 30.4 Å². The van der Waals surface area contributed by atoms with Gasteiger partial charge in [0, 0.05) is 16.3 Å².